The molecule has 0 saturated heterocycles. The molecule has 0 amide bonds. The lowest BCUT2D eigenvalue weighted by Crippen LogP contribution is -2.16. The number of aryl methyl sites for hydroxylation is 1. The Labute approximate surface area is 209 Å². The molecule has 0 aliphatic heterocycles. The van der Waals surface area contributed by atoms with Crippen LogP contribution < -0.4 is 0 Å². The predicted octanol–water partition coefficient (Wildman–Crippen LogP) is 5.94. The smallest absolute Gasteiger partial charge is 0.313 e. The standard InChI is InChI=1S/C24H27F5N8/c1-3-5-7-19-30-22(23(25,26)13-6-4-2)33-37(19)15-16-8-10-17(11-9-16)36-14-12-18(24(27,28)29)20(36)21-31-34-35-32-21/h8-12,14H,3-7,13,15H2,1-2H3,(H,31,32,34,35). The lowest BCUT2D eigenvalue weighted by Gasteiger charge is -2.12. The maximum Gasteiger partial charge on any atom is 0.418 e. The minimum Gasteiger partial charge on any atom is -0.313 e. The lowest BCUT2D eigenvalue weighted by atomic mass is 10.1. The number of alkyl halides is 5. The number of unbranched alkanes of at least 4 members (excludes halogenated alkanes) is 2. The zero-order chi connectivity index (χ0) is 26.6. The summed E-state index contributed by atoms with van der Waals surface area (Å²) < 4.78 is 72.9. The quantitative estimate of drug-likeness (QED) is 0.246. The summed E-state index contributed by atoms with van der Waals surface area (Å²) in [4.78, 5) is 4.17. The summed E-state index contributed by atoms with van der Waals surface area (Å²) in [7, 11) is 0. The van der Waals surface area contributed by atoms with Crippen LogP contribution in [0.2, 0.25) is 0 Å². The summed E-state index contributed by atoms with van der Waals surface area (Å²) in [5.74, 6) is -3.29. The van der Waals surface area contributed by atoms with Crippen LogP contribution in [0.1, 0.15) is 68.7 Å². The molecular weight excluding hydrogens is 495 g/mol. The van der Waals surface area contributed by atoms with Crippen molar-refractivity contribution in [3.8, 4) is 17.2 Å². The van der Waals surface area contributed by atoms with Crippen molar-refractivity contribution in [2.24, 2.45) is 0 Å². The highest BCUT2D eigenvalue weighted by molar-refractivity contribution is 5.61. The fraction of sp³-hybridized carbons (Fsp3) is 0.458. The summed E-state index contributed by atoms with van der Waals surface area (Å²) in [6.07, 6.45) is -0.443. The zero-order valence-electron chi connectivity index (χ0n) is 20.4. The van der Waals surface area contributed by atoms with Gasteiger partial charge in [0.2, 0.25) is 11.6 Å². The third-order valence-corrected chi connectivity index (χ3v) is 5.97. The van der Waals surface area contributed by atoms with Crippen LogP contribution in [-0.2, 0) is 25.1 Å². The van der Waals surface area contributed by atoms with Gasteiger partial charge in [-0.05, 0) is 41.8 Å². The monoisotopic (exact) mass is 522 g/mol. The summed E-state index contributed by atoms with van der Waals surface area (Å²) in [5, 5.41) is 17.1. The minimum atomic E-state index is -4.61. The van der Waals surface area contributed by atoms with Crippen LogP contribution in [0.15, 0.2) is 36.5 Å². The third-order valence-electron chi connectivity index (χ3n) is 5.97. The molecule has 0 fully saturated rings. The van der Waals surface area contributed by atoms with E-state index in [1.807, 2.05) is 13.8 Å². The fourth-order valence-corrected chi connectivity index (χ4v) is 3.99. The maximum atomic E-state index is 14.6. The van der Waals surface area contributed by atoms with Gasteiger partial charge in [-0.3, -0.25) is 0 Å². The van der Waals surface area contributed by atoms with E-state index in [1.165, 1.54) is 15.4 Å². The molecule has 0 aliphatic rings. The number of benzene rings is 1. The number of aromatic amines is 1. The maximum absolute atomic E-state index is 14.6. The molecule has 4 aromatic rings. The average molecular weight is 523 g/mol. The van der Waals surface area contributed by atoms with Gasteiger partial charge in [-0.15, -0.1) is 15.3 Å². The number of tetrazole rings is 1. The van der Waals surface area contributed by atoms with Crippen LogP contribution in [-0.4, -0.2) is 40.0 Å². The Hall–Kier alpha value is -3.64. The van der Waals surface area contributed by atoms with E-state index in [9.17, 15) is 22.0 Å². The second kappa shape index (κ2) is 10.8. The molecule has 8 nitrogen and oxygen atoms in total. The van der Waals surface area contributed by atoms with Gasteiger partial charge in [0.15, 0.2) is 0 Å². The average Bonchev–Trinajstić information content (AvgIpc) is 3.61. The Morgan fingerprint density at radius 2 is 1.68 bits per heavy atom. The van der Waals surface area contributed by atoms with E-state index < -0.39 is 23.5 Å². The van der Waals surface area contributed by atoms with Gasteiger partial charge in [0.05, 0.1) is 12.1 Å². The number of nitrogens with zero attached hydrogens (tertiary/aromatic N) is 7. The molecule has 0 saturated carbocycles. The van der Waals surface area contributed by atoms with Gasteiger partial charge in [-0.25, -0.2) is 9.67 Å². The lowest BCUT2D eigenvalue weighted by molar-refractivity contribution is -0.137. The first-order valence-electron chi connectivity index (χ1n) is 12.1. The van der Waals surface area contributed by atoms with E-state index in [2.05, 4.69) is 30.7 Å². The summed E-state index contributed by atoms with van der Waals surface area (Å²) >= 11 is 0. The largest absolute Gasteiger partial charge is 0.418 e. The van der Waals surface area contributed by atoms with Crippen molar-refractivity contribution in [3.63, 3.8) is 0 Å². The molecule has 13 heteroatoms. The molecule has 0 radical (unpaired) electrons. The first kappa shape index (κ1) is 26.4. The van der Waals surface area contributed by atoms with Crippen LogP contribution in [0, 0.1) is 0 Å². The Morgan fingerprint density at radius 1 is 0.946 bits per heavy atom. The van der Waals surface area contributed by atoms with E-state index in [4.69, 9.17) is 0 Å². The van der Waals surface area contributed by atoms with Gasteiger partial charge in [-0.2, -0.15) is 27.2 Å². The number of rotatable bonds is 11. The van der Waals surface area contributed by atoms with Crippen molar-refractivity contribution >= 4 is 0 Å². The topological polar surface area (TPSA) is 90.1 Å². The van der Waals surface area contributed by atoms with Crippen molar-refractivity contribution in [2.45, 2.75) is 71.0 Å². The first-order valence-corrected chi connectivity index (χ1v) is 12.1. The van der Waals surface area contributed by atoms with Crippen molar-refractivity contribution in [1.29, 1.82) is 0 Å². The second-order valence-electron chi connectivity index (χ2n) is 8.77. The van der Waals surface area contributed by atoms with Crippen LogP contribution in [0.25, 0.3) is 17.2 Å². The van der Waals surface area contributed by atoms with Crippen LogP contribution in [0.3, 0.4) is 0 Å². The van der Waals surface area contributed by atoms with Crippen LogP contribution in [0.4, 0.5) is 22.0 Å². The van der Waals surface area contributed by atoms with Crippen molar-refractivity contribution in [3.05, 3.63) is 59.3 Å². The van der Waals surface area contributed by atoms with Gasteiger partial charge in [-0.1, -0.05) is 38.8 Å². The number of hydrogen-bond acceptors (Lipinski definition) is 5. The van der Waals surface area contributed by atoms with Crippen molar-refractivity contribution in [1.82, 2.24) is 40.0 Å². The van der Waals surface area contributed by atoms with E-state index >= 15 is 0 Å². The van der Waals surface area contributed by atoms with Gasteiger partial charge in [0.25, 0.3) is 0 Å². The molecule has 4 rings (SSSR count). The normalized spacial score (nSPS) is 12.4. The van der Waals surface area contributed by atoms with Gasteiger partial charge in [0.1, 0.15) is 11.5 Å². The Balaban J connectivity index is 1.62. The zero-order valence-corrected chi connectivity index (χ0v) is 20.4. The number of H-pyrrole nitrogens is 1. The number of hydrogen-bond donors (Lipinski definition) is 1. The van der Waals surface area contributed by atoms with E-state index in [-0.39, 0.29) is 24.5 Å². The van der Waals surface area contributed by atoms with Crippen LogP contribution >= 0.6 is 0 Å². The second-order valence-corrected chi connectivity index (χ2v) is 8.77. The molecule has 0 unspecified atom stereocenters. The Morgan fingerprint density at radius 3 is 2.30 bits per heavy atom. The highest BCUT2D eigenvalue weighted by atomic mass is 19.4. The highest BCUT2D eigenvalue weighted by Crippen LogP contribution is 2.38. The molecule has 3 aromatic heterocycles. The molecule has 0 atom stereocenters. The summed E-state index contributed by atoms with van der Waals surface area (Å²) in [6, 6.07) is 7.65. The van der Waals surface area contributed by atoms with Crippen molar-refractivity contribution < 1.29 is 22.0 Å². The summed E-state index contributed by atoms with van der Waals surface area (Å²) in [5.41, 5.74) is 0.0403. The molecular formula is C24H27F5N8. The highest BCUT2D eigenvalue weighted by Gasteiger charge is 2.38. The van der Waals surface area contributed by atoms with Gasteiger partial charge in [0, 0.05) is 24.7 Å². The van der Waals surface area contributed by atoms with E-state index in [0.29, 0.717) is 30.8 Å². The fourth-order valence-electron chi connectivity index (χ4n) is 3.99. The Kier molecular flexibility index (Phi) is 7.69. The number of halogens is 5. The minimum absolute atomic E-state index is 0.193. The molecule has 0 spiro atoms. The molecule has 37 heavy (non-hydrogen) atoms. The molecule has 198 valence electrons. The third kappa shape index (κ3) is 5.86. The summed E-state index contributed by atoms with van der Waals surface area (Å²) in [6.45, 7) is 4.05. The molecule has 0 aliphatic carbocycles. The van der Waals surface area contributed by atoms with E-state index in [1.54, 1.807) is 24.3 Å². The van der Waals surface area contributed by atoms with Crippen LogP contribution in [0.5, 0.6) is 0 Å². The van der Waals surface area contributed by atoms with Crippen molar-refractivity contribution in [2.75, 3.05) is 0 Å². The number of nitrogens with one attached hydrogen (secondary N) is 1. The SMILES string of the molecule is CCCCc1nc(C(F)(F)CCCC)nn1Cc1ccc(-n2ccc(C(F)(F)F)c2-c2nn[nH]n2)cc1. The molecule has 1 aromatic carbocycles. The van der Waals surface area contributed by atoms with Gasteiger partial charge < -0.3 is 4.57 Å². The molecule has 1 N–H and O–H groups in total. The molecule has 3 heterocycles. The van der Waals surface area contributed by atoms with Gasteiger partial charge >= 0.3 is 12.1 Å². The Bertz CT molecular complexity index is 1290. The molecule has 0 bridgehead atoms. The first-order chi connectivity index (χ1) is 17.6. The number of aromatic nitrogens is 8. The van der Waals surface area contributed by atoms with E-state index in [0.717, 1.165) is 24.5 Å². The predicted molar refractivity (Wildman–Crippen MR) is 125 cm³/mol.